The predicted molar refractivity (Wildman–Crippen MR) is 128 cm³/mol. The summed E-state index contributed by atoms with van der Waals surface area (Å²) < 4.78 is 5.79. The number of aromatic nitrogens is 1. The maximum atomic E-state index is 13.9. The summed E-state index contributed by atoms with van der Waals surface area (Å²) in [6, 6.07) is 7.81. The molecule has 0 saturated heterocycles. The maximum absolute atomic E-state index is 13.9. The monoisotopic (exact) mass is 472 g/mol. The highest BCUT2D eigenvalue weighted by Gasteiger charge is 2.56. The molecule has 0 bridgehead atoms. The molecule has 3 aromatic rings. The number of aromatic hydroxyl groups is 2. The Morgan fingerprint density at radius 3 is 2.60 bits per heavy atom. The Morgan fingerprint density at radius 1 is 1.14 bits per heavy atom. The first-order valence-electron chi connectivity index (χ1n) is 11.2. The minimum absolute atomic E-state index is 0.0129. The Labute approximate surface area is 200 Å². The van der Waals surface area contributed by atoms with E-state index < -0.39 is 28.5 Å². The number of ether oxygens (including phenoxy) is 1. The number of hydrogen-bond acceptors (Lipinski definition) is 7. The van der Waals surface area contributed by atoms with Crippen molar-refractivity contribution >= 4 is 28.3 Å². The van der Waals surface area contributed by atoms with Gasteiger partial charge in [-0.2, -0.15) is 0 Å². The molecular weight excluding hydrogens is 448 g/mol. The summed E-state index contributed by atoms with van der Waals surface area (Å²) in [5.41, 5.74) is 0.777. The zero-order chi connectivity index (χ0) is 25.2. The number of ketones is 3. The number of rotatable bonds is 4. The van der Waals surface area contributed by atoms with E-state index in [1.807, 2.05) is 30.5 Å². The van der Waals surface area contributed by atoms with Gasteiger partial charge in [-0.05, 0) is 45.4 Å². The van der Waals surface area contributed by atoms with Gasteiger partial charge in [0, 0.05) is 41.0 Å². The number of H-pyrrole nitrogens is 1. The summed E-state index contributed by atoms with van der Waals surface area (Å²) in [6.45, 7) is 6.30. The van der Waals surface area contributed by atoms with E-state index in [9.17, 15) is 24.6 Å². The zero-order valence-electron chi connectivity index (χ0n) is 19.7. The van der Waals surface area contributed by atoms with E-state index in [1.54, 1.807) is 13.8 Å². The van der Waals surface area contributed by atoms with Crippen LogP contribution in [-0.2, 0) is 21.5 Å². The highest BCUT2D eigenvalue weighted by Crippen LogP contribution is 2.57. The predicted octanol–water partition coefficient (Wildman–Crippen LogP) is 3.84. The Morgan fingerprint density at radius 2 is 1.89 bits per heavy atom. The molecule has 0 fully saturated rings. The molecule has 35 heavy (non-hydrogen) atoms. The van der Waals surface area contributed by atoms with Crippen LogP contribution in [0.4, 0.5) is 0 Å². The van der Waals surface area contributed by atoms with Crippen LogP contribution in [0.15, 0.2) is 53.6 Å². The first kappa shape index (κ1) is 22.5. The van der Waals surface area contributed by atoms with Gasteiger partial charge in [0.05, 0.1) is 11.1 Å². The van der Waals surface area contributed by atoms with Crippen molar-refractivity contribution in [2.24, 2.45) is 0 Å². The SMILES string of the molecule is CC(=O)c1c(O)c(C)c(O)c2c1OC1=CC(=O)C(=C(C)NCc3cccc4[nH]ccc34)C(=O)C12C. The van der Waals surface area contributed by atoms with Crippen LogP contribution in [0.5, 0.6) is 17.2 Å². The van der Waals surface area contributed by atoms with Crippen LogP contribution in [0.3, 0.4) is 0 Å². The highest BCUT2D eigenvalue weighted by atomic mass is 16.5. The second-order valence-electron chi connectivity index (χ2n) is 9.10. The van der Waals surface area contributed by atoms with Crippen molar-refractivity contribution < 1.29 is 29.3 Å². The van der Waals surface area contributed by atoms with Crippen molar-refractivity contribution in [2.75, 3.05) is 0 Å². The number of phenolic OH excluding ortho intramolecular Hbond substituents is 2. The third kappa shape index (κ3) is 3.02. The first-order valence-corrected chi connectivity index (χ1v) is 11.2. The number of benzene rings is 2. The van der Waals surface area contributed by atoms with Gasteiger partial charge in [0.1, 0.15) is 34.0 Å². The van der Waals surface area contributed by atoms with Crippen molar-refractivity contribution in [3.05, 3.63) is 75.8 Å². The number of carbonyl (C=O) groups excluding carboxylic acids is 3. The molecule has 1 aromatic heterocycles. The largest absolute Gasteiger partial charge is 0.507 e. The van der Waals surface area contributed by atoms with E-state index in [-0.39, 0.29) is 39.5 Å². The molecule has 8 heteroatoms. The summed E-state index contributed by atoms with van der Waals surface area (Å²) in [4.78, 5) is 42.3. The number of fused-ring (bicyclic) bond motifs is 4. The fourth-order valence-corrected chi connectivity index (χ4v) is 4.98. The number of Topliss-reactive ketones (excluding diaryl/α,β-unsaturated/α-hetero) is 2. The minimum Gasteiger partial charge on any atom is -0.507 e. The topological polar surface area (TPSA) is 129 Å². The third-order valence-electron chi connectivity index (χ3n) is 6.99. The van der Waals surface area contributed by atoms with Gasteiger partial charge in [0.2, 0.25) is 0 Å². The molecule has 4 N–H and O–H groups in total. The van der Waals surface area contributed by atoms with Crippen molar-refractivity contribution in [2.45, 2.75) is 39.7 Å². The Balaban J connectivity index is 1.60. The van der Waals surface area contributed by atoms with Crippen molar-refractivity contribution in [3.63, 3.8) is 0 Å². The number of allylic oxidation sites excluding steroid dienone is 4. The first-order chi connectivity index (χ1) is 16.6. The molecule has 1 aliphatic carbocycles. The zero-order valence-corrected chi connectivity index (χ0v) is 19.7. The molecule has 0 amide bonds. The van der Waals surface area contributed by atoms with E-state index in [4.69, 9.17) is 4.74 Å². The Bertz CT molecular complexity index is 1540. The Hall–Kier alpha value is -4.33. The quantitative estimate of drug-likeness (QED) is 0.258. The summed E-state index contributed by atoms with van der Waals surface area (Å²) >= 11 is 0. The van der Waals surface area contributed by atoms with E-state index in [1.165, 1.54) is 19.9 Å². The molecule has 1 aliphatic heterocycles. The summed E-state index contributed by atoms with van der Waals surface area (Å²) in [5, 5.41) is 25.6. The van der Waals surface area contributed by atoms with Crippen LogP contribution in [0.25, 0.3) is 10.9 Å². The second-order valence-corrected chi connectivity index (χ2v) is 9.10. The molecule has 2 heterocycles. The van der Waals surface area contributed by atoms with Gasteiger partial charge in [0.15, 0.2) is 17.3 Å². The lowest BCUT2D eigenvalue weighted by Gasteiger charge is -2.29. The molecule has 1 unspecified atom stereocenters. The molecule has 0 spiro atoms. The lowest BCUT2D eigenvalue weighted by Crippen LogP contribution is -2.41. The summed E-state index contributed by atoms with van der Waals surface area (Å²) in [6.07, 6.45) is 3.06. The van der Waals surface area contributed by atoms with Gasteiger partial charge in [0.25, 0.3) is 0 Å². The fourth-order valence-electron chi connectivity index (χ4n) is 4.98. The molecule has 178 valence electrons. The average Bonchev–Trinajstić information content (AvgIpc) is 3.39. The molecule has 5 rings (SSSR count). The number of hydrogen-bond donors (Lipinski definition) is 4. The van der Waals surface area contributed by atoms with Crippen molar-refractivity contribution in [1.82, 2.24) is 10.3 Å². The summed E-state index contributed by atoms with van der Waals surface area (Å²) in [5.74, 6) is -2.43. The van der Waals surface area contributed by atoms with Gasteiger partial charge in [-0.15, -0.1) is 0 Å². The lowest BCUT2D eigenvalue weighted by atomic mass is 9.70. The normalized spacial score (nSPS) is 20.3. The second kappa shape index (κ2) is 7.59. The molecule has 2 aliphatic rings. The van der Waals surface area contributed by atoms with Gasteiger partial charge in [-0.1, -0.05) is 12.1 Å². The maximum Gasteiger partial charge on any atom is 0.194 e. The molecule has 2 aromatic carbocycles. The van der Waals surface area contributed by atoms with Crippen LogP contribution >= 0.6 is 0 Å². The van der Waals surface area contributed by atoms with E-state index in [0.29, 0.717) is 12.2 Å². The van der Waals surface area contributed by atoms with Crippen molar-refractivity contribution in [1.29, 1.82) is 0 Å². The number of aromatic amines is 1. The average molecular weight is 472 g/mol. The molecule has 0 radical (unpaired) electrons. The van der Waals surface area contributed by atoms with Gasteiger partial charge < -0.3 is 25.3 Å². The van der Waals surface area contributed by atoms with Crippen LogP contribution in [0.2, 0.25) is 0 Å². The summed E-state index contributed by atoms with van der Waals surface area (Å²) in [7, 11) is 0. The minimum atomic E-state index is -1.53. The number of phenols is 2. The van der Waals surface area contributed by atoms with Gasteiger partial charge in [-0.3, -0.25) is 14.4 Å². The van der Waals surface area contributed by atoms with Gasteiger partial charge in [-0.25, -0.2) is 0 Å². The molecule has 0 saturated carbocycles. The van der Waals surface area contributed by atoms with Gasteiger partial charge >= 0.3 is 0 Å². The number of nitrogens with one attached hydrogen (secondary N) is 2. The number of carbonyl (C=O) groups is 3. The molecule has 1 atom stereocenters. The van der Waals surface area contributed by atoms with Crippen LogP contribution in [-0.4, -0.2) is 32.5 Å². The third-order valence-corrected chi connectivity index (χ3v) is 6.99. The smallest absolute Gasteiger partial charge is 0.194 e. The van der Waals surface area contributed by atoms with E-state index in [2.05, 4.69) is 10.3 Å². The van der Waals surface area contributed by atoms with Crippen molar-refractivity contribution in [3.8, 4) is 17.2 Å². The standard InChI is InChI=1S/C27H24N2O6/c1-12-23(32)21(14(3)30)25-22(24(12)33)27(4)19(35-25)10-18(31)20(26(27)34)13(2)29-11-15-6-5-7-17-16(15)8-9-28-17/h5-10,28-29,32-33H,11H2,1-4H3. The van der Waals surface area contributed by atoms with E-state index in [0.717, 1.165) is 16.5 Å². The highest BCUT2D eigenvalue weighted by molar-refractivity contribution is 6.31. The van der Waals surface area contributed by atoms with Crippen LogP contribution < -0.4 is 10.1 Å². The molecule has 8 nitrogen and oxygen atoms in total. The fraction of sp³-hybridized carbons (Fsp3) is 0.222. The lowest BCUT2D eigenvalue weighted by molar-refractivity contribution is -0.123. The molecular formula is C27H24N2O6. The van der Waals surface area contributed by atoms with Crippen LogP contribution in [0, 0.1) is 6.92 Å². The van der Waals surface area contributed by atoms with Crippen LogP contribution in [0.1, 0.15) is 47.8 Å². The van der Waals surface area contributed by atoms with E-state index >= 15 is 0 Å². The Kier molecular flexibility index (Phi) is 4.87.